The van der Waals surface area contributed by atoms with Crippen LogP contribution in [0.1, 0.15) is 31.2 Å². The third kappa shape index (κ3) is 8.78. The zero-order valence-electron chi connectivity index (χ0n) is 17.6. The Morgan fingerprint density at radius 3 is 2.83 bits per heavy atom. The van der Waals surface area contributed by atoms with Crippen LogP contribution in [-0.4, -0.2) is 70.1 Å². The van der Waals surface area contributed by atoms with Gasteiger partial charge in [0, 0.05) is 45.8 Å². The molecule has 2 heterocycles. The van der Waals surface area contributed by atoms with Gasteiger partial charge in [-0.05, 0) is 31.2 Å². The molecule has 2 unspecified atom stereocenters. The van der Waals surface area contributed by atoms with E-state index >= 15 is 0 Å². The molecule has 29 heavy (non-hydrogen) atoms. The summed E-state index contributed by atoms with van der Waals surface area (Å²) in [5.41, 5.74) is 1.23. The monoisotopic (exact) mass is 517 g/mol. The molecule has 3 rings (SSSR count). The van der Waals surface area contributed by atoms with Gasteiger partial charge in [-0.2, -0.15) is 0 Å². The summed E-state index contributed by atoms with van der Waals surface area (Å²) in [5, 5.41) is 3.47. The number of halogens is 1. The maximum absolute atomic E-state index is 5.92. The van der Waals surface area contributed by atoms with Crippen molar-refractivity contribution in [2.45, 2.75) is 38.4 Å². The fourth-order valence-electron chi connectivity index (χ4n) is 3.78. The van der Waals surface area contributed by atoms with Gasteiger partial charge in [0.05, 0.1) is 25.9 Å². The molecular weight excluding hydrogens is 481 g/mol. The number of hydrogen-bond donors (Lipinski definition) is 1. The standard InChI is InChI=1S/C22H35N3O3.HI/c1-23-22(24-11-6-13-26-18-21-9-5-14-28-21)25-12-10-20(15-25)17-27-16-19-7-3-2-4-8-19;/h2-4,7-8,20-21H,5-6,9-18H2,1H3,(H,23,24);1H. The maximum atomic E-state index is 5.92. The van der Waals surface area contributed by atoms with Gasteiger partial charge in [0.1, 0.15) is 0 Å². The van der Waals surface area contributed by atoms with Gasteiger partial charge >= 0.3 is 0 Å². The lowest BCUT2D eigenvalue weighted by Crippen LogP contribution is -2.40. The van der Waals surface area contributed by atoms with Crippen LogP contribution in [0.25, 0.3) is 0 Å². The van der Waals surface area contributed by atoms with Gasteiger partial charge in [-0.15, -0.1) is 24.0 Å². The minimum Gasteiger partial charge on any atom is -0.379 e. The lowest BCUT2D eigenvalue weighted by atomic mass is 10.1. The highest BCUT2D eigenvalue weighted by Crippen LogP contribution is 2.17. The summed E-state index contributed by atoms with van der Waals surface area (Å²) < 4.78 is 17.2. The van der Waals surface area contributed by atoms with Crippen molar-refractivity contribution >= 4 is 29.9 Å². The van der Waals surface area contributed by atoms with Gasteiger partial charge in [0.25, 0.3) is 0 Å². The highest BCUT2D eigenvalue weighted by Gasteiger charge is 2.24. The van der Waals surface area contributed by atoms with E-state index in [0.29, 0.717) is 18.6 Å². The molecule has 2 aliphatic heterocycles. The van der Waals surface area contributed by atoms with E-state index in [1.54, 1.807) is 0 Å². The van der Waals surface area contributed by atoms with Gasteiger partial charge in [-0.1, -0.05) is 30.3 Å². The van der Waals surface area contributed by atoms with Crippen LogP contribution >= 0.6 is 24.0 Å². The van der Waals surface area contributed by atoms with Crippen molar-refractivity contribution in [2.75, 3.05) is 53.1 Å². The molecule has 0 amide bonds. The molecule has 0 saturated carbocycles. The molecular formula is C22H36IN3O3. The van der Waals surface area contributed by atoms with Crippen LogP contribution in [-0.2, 0) is 20.8 Å². The Morgan fingerprint density at radius 1 is 1.21 bits per heavy atom. The molecule has 2 aliphatic rings. The molecule has 6 nitrogen and oxygen atoms in total. The van der Waals surface area contributed by atoms with E-state index in [0.717, 1.165) is 71.3 Å². The summed E-state index contributed by atoms with van der Waals surface area (Å²) in [6.45, 7) is 6.80. The third-order valence-corrected chi connectivity index (χ3v) is 5.34. The van der Waals surface area contributed by atoms with Crippen LogP contribution in [0, 0.1) is 5.92 Å². The minimum absolute atomic E-state index is 0. The summed E-state index contributed by atoms with van der Waals surface area (Å²) in [7, 11) is 1.86. The molecule has 0 aliphatic carbocycles. The molecule has 2 saturated heterocycles. The van der Waals surface area contributed by atoms with Crippen molar-refractivity contribution in [2.24, 2.45) is 10.9 Å². The fraction of sp³-hybridized carbons (Fsp3) is 0.682. The molecule has 2 atom stereocenters. The first-order chi connectivity index (χ1) is 13.8. The highest BCUT2D eigenvalue weighted by molar-refractivity contribution is 14.0. The number of likely N-dealkylation sites (tertiary alicyclic amines) is 1. The first-order valence-electron chi connectivity index (χ1n) is 10.6. The van der Waals surface area contributed by atoms with Crippen molar-refractivity contribution in [1.29, 1.82) is 0 Å². The fourth-order valence-corrected chi connectivity index (χ4v) is 3.78. The number of ether oxygens (including phenoxy) is 3. The average Bonchev–Trinajstić information content (AvgIpc) is 3.41. The SMILES string of the molecule is CN=C(NCCCOCC1CCCO1)N1CCC(COCc2ccccc2)C1.I. The van der Waals surface area contributed by atoms with Gasteiger partial charge < -0.3 is 24.4 Å². The molecule has 7 heteroatoms. The summed E-state index contributed by atoms with van der Waals surface area (Å²) >= 11 is 0. The van der Waals surface area contributed by atoms with Gasteiger partial charge in [-0.3, -0.25) is 4.99 Å². The Morgan fingerprint density at radius 2 is 2.07 bits per heavy atom. The molecule has 1 aromatic rings. The van der Waals surface area contributed by atoms with Crippen LogP contribution in [0.15, 0.2) is 35.3 Å². The zero-order chi connectivity index (χ0) is 19.4. The molecule has 1 aromatic carbocycles. The van der Waals surface area contributed by atoms with Crippen molar-refractivity contribution in [3.05, 3.63) is 35.9 Å². The molecule has 0 spiro atoms. The Hall–Kier alpha value is -0.900. The number of aliphatic imine (C=N–C) groups is 1. The largest absolute Gasteiger partial charge is 0.379 e. The smallest absolute Gasteiger partial charge is 0.193 e. The third-order valence-electron chi connectivity index (χ3n) is 5.34. The van der Waals surface area contributed by atoms with Crippen LogP contribution in [0.4, 0.5) is 0 Å². The normalized spacial score (nSPS) is 22.0. The first-order valence-corrected chi connectivity index (χ1v) is 10.6. The van der Waals surface area contributed by atoms with Gasteiger partial charge in [0.15, 0.2) is 5.96 Å². The first kappa shape index (κ1) is 24.4. The lowest BCUT2D eigenvalue weighted by molar-refractivity contribution is 0.0168. The number of rotatable bonds is 10. The van der Waals surface area contributed by atoms with E-state index in [1.807, 2.05) is 13.1 Å². The Kier molecular flexibility index (Phi) is 11.9. The summed E-state index contributed by atoms with van der Waals surface area (Å²) in [6, 6.07) is 10.4. The van der Waals surface area contributed by atoms with Crippen molar-refractivity contribution in [1.82, 2.24) is 10.2 Å². The molecule has 164 valence electrons. The van der Waals surface area contributed by atoms with E-state index in [-0.39, 0.29) is 24.0 Å². The van der Waals surface area contributed by atoms with Crippen LogP contribution in [0.2, 0.25) is 0 Å². The molecule has 0 bridgehead atoms. The van der Waals surface area contributed by atoms with E-state index in [4.69, 9.17) is 14.2 Å². The number of benzene rings is 1. The minimum atomic E-state index is 0. The second kappa shape index (κ2) is 14.2. The number of hydrogen-bond acceptors (Lipinski definition) is 4. The van der Waals surface area contributed by atoms with E-state index < -0.39 is 0 Å². The van der Waals surface area contributed by atoms with Gasteiger partial charge in [0.2, 0.25) is 0 Å². The Labute approximate surface area is 192 Å². The number of nitrogens with zero attached hydrogens (tertiary/aromatic N) is 2. The summed E-state index contributed by atoms with van der Waals surface area (Å²) in [6.07, 6.45) is 4.74. The maximum Gasteiger partial charge on any atom is 0.193 e. The number of guanidine groups is 1. The highest BCUT2D eigenvalue weighted by atomic mass is 127. The van der Waals surface area contributed by atoms with Crippen LogP contribution in [0.3, 0.4) is 0 Å². The molecule has 0 radical (unpaired) electrons. The average molecular weight is 517 g/mol. The summed E-state index contributed by atoms with van der Waals surface area (Å²) in [4.78, 5) is 6.78. The predicted octanol–water partition coefficient (Wildman–Crippen LogP) is 3.30. The Bertz CT molecular complexity index is 582. The van der Waals surface area contributed by atoms with Gasteiger partial charge in [-0.25, -0.2) is 0 Å². The van der Waals surface area contributed by atoms with Crippen LogP contribution < -0.4 is 5.32 Å². The second-order valence-electron chi connectivity index (χ2n) is 7.64. The van der Waals surface area contributed by atoms with E-state index in [9.17, 15) is 0 Å². The summed E-state index contributed by atoms with van der Waals surface area (Å²) in [5.74, 6) is 1.56. The number of nitrogens with one attached hydrogen (secondary N) is 1. The molecule has 1 N–H and O–H groups in total. The van der Waals surface area contributed by atoms with Crippen molar-refractivity contribution in [3.8, 4) is 0 Å². The molecule has 2 fully saturated rings. The van der Waals surface area contributed by atoms with Crippen LogP contribution in [0.5, 0.6) is 0 Å². The molecule has 0 aromatic heterocycles. The quantitative estimate of drug-likeness (QED) is 0.224. The topological polar surface area (TPSA) is 55.3 Å². The van der Waals surface area contributed by atoms with E-state index in [2.05, 4.69) is 39.5 Å². The van der Waals surface area contributed by atoms with Crippen molar-refractivity contribution < 1.29 is 14.2 Å². The van der Waals surface area contributed by atoms with E-state index in [1.165, 1.54) is 12.0 Å². The second-order valence-corrected chi connectivity index (χ2v) is 7.64. The lowest BCUT2D eigenvalue weighted by Gasteiger charge is -2.22. The predicted molar refractivity (Wildman–Crippen MR) is 127 cm³/mol. The Balaban J connectivity index is 0.00000300. The zero-order valence-corrected chi connectivity index (χ0v) is 19.9. The van der Waals surface area contributed by atoms with Crippen molar-refractivity contribution in [3.63, 3.8) is 0 Å².